The van der Waals surface area contributed by atoms with E-state index in [9.17, 15) is 0 Å². The first-order valence-electron chi connectivity index (χ1n) is 4.54. The van der Waals surface area contributed by atoms with Gasteiger partial charge in [-0.3, -0.25) is 0 Å². The molecule has 3 heteroatoms. The van der Waals surface area contributed by atoms with Gasteiger partial charge in [0.25, 0.3) is 0 Å². The van der Waals surface area contributed by atoms with Gasteiger partial charge in [-0.2, -0.15) is 11.8 Å². The van der Waals surface area contributed by atoms with E-state index in [1.165, 1.54) is 25.9 Å². The molecule has 0 bridgehead atoms. The monoisotopic (exact) mass is 286 g/mol. The van der Waals surface area contributed by atoms with Crippen molar-refractivity contribution in [2.75, 3.05) is 5.75 Å². The van der Waals surface area contributed by atoms with Crippen LogP contribution in [0.4, 0.5) is 0 Å². The van der Waals surface area contributed by atoms with Crippen LogP contribution in [-0.4, -0.2) is 5.75 Å². The van der Waals surface area contributed by atoms with Gasteiger partial charge in [0.15, 0.2) is 0 Å². The molecule has 0 fully saturated rings. The van der Waals surface area contributed by atoms with E-state index in [1.54, 1.807) is 0 Å². The van der Waals surface area contributed by atoms with Gasteiger partial charge in [0, 0.05) is 14.9 Å². The van der Waals surface area contributed by atoms with Gasteiger partial charge in [-0.15, -0.1) is 11.3 Å². The summed E-state index contributed by atoms with van der Waals surface area (Å²) in [5.41, 5.74) is 1.48. The van der Waals surface area contributed by atoms with Crippen molar-refractivity contribution in [3.05, 3.63) is 33.6 Å². The lowest BCUT2D eigenvalue weighted by molar-refractivity contribution is 1.45. The molecule has 1 aromatic carbocycles. The van der Waals surface area contributed by atoms with Crippen molar-refractivity contribution in [2.45, 2.75) is 12.7 Å². The van der Waals surface area contributed by atoms with Crippen molar-refractivity contribution in [1.29, 1.82) is 0 Å². The molecule has 74 valence electrons. The van der Waals surface area contributed by atoms with E-state index < -0.39 is 0 Å². The van der Waals surface area contributed by atoms with E-state index in [2.05, 4.69) is 46.4 Å². The number of hydrogen-bond donors (Lipinski definition) is 0. The number of hydrogen-bond acceptors (Lipinski definition) is 2. The maximum Gasteiger partial charge on any atom is 0.0357 e. The van der Waals surface area contributed by atoms with E-state index >= 15 is 0 Å². The van der Waals surface area contributed by atoms with E-state index in [4.69, 9.17) is 0 Å². The molecule has 0 nitrogen and oxygen atoms in total. The van der Waals surface area contributed by atoms with Gasteiger partial charge in [-0.05, 0) is 34.2 Å². The summed E-state index contributed by atoms with van der Waals surface area (Å²) >= 11 is 7.31. The lowest BCUT2D eigenvalue weighted by Crippen LogP contribution is -1.77. The maximum absolute atomic E-state index is 3.50. The van der Waals surface area contributed by atoms with Gasteiger partial charge < -0.3 is 0 Å². The van der Waals surface area contributed by atoms with Gasteiger partial charge in [-0.25, -0.2) is 0 Å². The van der Waals surface area contributed by atoms with E-state index in [-0.39, 0.29) is 0 Å². The van der Waals surface area contributed by atoms with Gasteiger partial charge >= 0.3 is 0 Å². The van der Waals surface area contributed by atoms with Crippen LogP contribution in [0.2, 0.25) is 0 Å². The van der Waals surface area contributed by atoms with Crippen LogP contribution < -0.4 is 0 Å². The van der Waals surface area contributed by atoms with Crippen molar-refractivity contribution < 1.29 is 0 Å². The summed E-state index contributed by atoms with van der Waals surface area (Å²) in [4.78, 5) is 0. The average molecular weight is 287 g/mol. The number of benzene rings is 1. The fourth-order valence-corrected chi connectivity index (χ4v) is 3.66. The lowest BCUT2D eigenvalue weighted by Gasteiger charge is -1.97. The van der Waals surface area contributed by atoms with Crippen LogP contribution in [0.3, 0.4) is 0 Å². The molecular weight excluding hydrogens is 276 g/mol. The summed E-state index contributed by atoms with van der Waals surface area (Å²) in [6, 6.07) is 6.52. The quantitative estimate of drug-likeness (QED) is 0.772. The third-order valence-electron chi connectivity index (χ3n) is 2.08. The van der Waals surface area contributed by atoms with Crippen LogP contribution in [0.15, 0.2) is 28.1 Å². The first kappa shape index (κ1) is 10.5. The lowest BCUT2D eigenvalue weighted by atomic mass is 10.2. The predicted molar refractivity (Wildman–Crippen MR) is 71.4 cm³/mol. The first-order valence-corrected chi connectivity index (χ1v) is 7.37. The SMILES string of the molecule is CCSCc1csc2cc(Br)ccc12. The molecule has 2 rings (SSSR count). The molecule has 0 aliphatic carbocycles. The Hall–Kier alpha value is 0.01000. The molecule has 14 heavy (non-hydrogen) atoms. The van der Waals surface area contributed by atoms with E-state index in [1.807, 2.05) is 23.1 Å². The highest BCUT2D eigenvalue weighted by atomic mass is 79.9. The van der Waals surface area contributed by atoms with Crippen molar-refractivity contribution in [3.8, 4) is 0 Å². The minimum Gasteiger partial charge on any atom is -0.157 e. The van der Waals surface area contributed by atoms with Gasteiger partial charge in [0.2, 0.25) is 0 Å². The fraction of sp³-hybridized carbons (Fsp3) is 0.273. The molecule has 0 spiro atoms. The highest BCUT2D eigenvalue weighted by Crippen LogP contribution is 2.30. The molecule has 0 saturated heterocycles. The number of halogens is 1. The Labute approximate surface area is 101 Å². The zero-order valence-corrected chi connectivity index (χ0v) is 11.1. The second-order valence-electron chi connectivity index (χ2n) is 3.04. The van der Waals surface area contributed by atoms with Crippen molar-refractivity contribution in [3.63, 3.8) is 0 Å². The first-order chi connectivity index (χ1) is 6.81. The Balaban J connectivity index is 2.37. The molecule has 0 aliphatic rings. The van der Waals surface area contributed by atoms with Crippen LogP contribution >= 0.6 is 39.0 Å². The molecule has 0 amide bonds. The molecule has 0 aliphatic heterocycles. The molecule has 0 saturated carbocycles. The second-order valence-corrected chi connectivity index (χ2v) is 6.14. The Kier molecular flexibility index (Phi) is 3.52. The number of thioether (sulfide) groups is 1. The third kappa shape index (κ3) is 2.15. The Bertz CT molecular complexity index is 434. The summed E-state index contributed by atoms with van der Waals surface area (Å²) in [6.45, 7) is 2.20. The largest absolute Gasteiger partial charge is 0.157 e. The van der Waals surface area contributed by atoms with E-state index in [0.29, 0.717) is 0 Å². The van der Waals surface area contributed by atoms with Crippen LogP contribution in [0.25, 0.3) is 10.1 Å². The summed E-state index contributed by atoms with van der Waals surface area (Å²) < 4.78 is 2.55. The molecule has 0 unspecified atom stereocenters. The molecule has 0 radical (unpaired) electrons. The standard InChI is InChI=1S/C11H11BrS2/c1-2-13-6-8-7-14-11-5-9(12)3-4-10(8)11/h3-5,7H,2,6H2,1H3. The normalized spacial score (nSPS) is 11.0. The maximum atomic E-state index is 3.50. The molecule has 1 heterocycles. The number of rotatable bonds is 3. The summed E-state index contributed by atoms with van der Waals surface area (Å²) in [7, 11) is 0. The zero-order valence-electron chi connectivity index (χ0n) is 7.92. The topological polar surface area (TPSA) is 0 Å². The highest BCUT2D eigenvalue weighted by molar-refractivity contribution is 9.10. The number of fused-ring (bicyclic) bond motifs is 1. The predicted octanol–water partition coefficient (Wildman–Crippen LogP) is 4.92. The molecule has 0 atom stereocenters. The Morgan fingerprint density at radius 2 is 2.29 bits per heavy atom. The second kappa shape index (κ2) is 4.69. The molecule has 0 N–H and O–H groups in total. The Morgan fingerprint density at radius 3 is 3.07 bits per heavy atom. The smallest absolute Gasteiger partial charge is 0.0357 e. The van der Waals surface area contributed by atoms with Crippen molar-refractivity contribution in [1.82, 2.24) is 0 Å². The van der Waals surface area contributed by atoms with Crippen LogP contribution in [0.5, 0.6) is 0 Å². The van der Waals surface area contributed by atoms with Crippen LogP contribution in [0, 0.1) is 0 Å². The molecule has 1 aromatic heterocycles. The zero-order chi connectivity index (χ0) is 9.97. The van der Waals surface area contributed by atoms with Crippen molar-refractivity contribution in [2.24, 2.45) is 0 Å². The van der Waals surface area contributed by atoms with Crippen LogP contribution in [0.1, 0.15) is 12.5 Å². The van der Waals surface area contributed by atoms with Gasteiger partial charge in [0.1, 0.15) is 0 Å². The Morgan fingerprint density at radius 1 is 1.43 bits per heavy atom. The minimum absolute atomic E-state index is 1.14. The summed E-state index contributed by atoms with van der Waals surface area (Å²) in [5, 5.41) is 3.69. The van der Waals surface area contributed by atoms with Gasteiger partial charge in [-0.1, -0.05) is 28.9 Å². The van der Waals surface area contributed by atoms with Crippen molar-refractivity contribution >= 4 is 49.1 Å². The number of thiophene rings is 1. The van der Waals surface area contributed by atoms with Gasteiger partial charge in [0.05, 0.1) is 0 Å². The fourth-order valence-electron chi connectivity index (χ4n) is 1.38. The molecule has 2 aromatic rings. The van der Waals surface area contributed by atoms with Crippen LogP contribution in [-0.2, 0) is 5.75 Å². The minimum atomic E-state index is 1.14. The molecular formula is C11H11BrS2. The highest BCUT2D eigenvalue weighted by Gasteiger charge is 2.03. The summed E-state index contributed by atoms with van der Waals surface area (Å²) in [6.07, 6.45) is 0. The summed E-state index contributed by atoms with van der Waals surface area (Å²) in [5.74, 6) is 2.33. The third-order valence-corrected chi connectivity index (χ3v) is 4.49. The average Bonchev–Trinajstić information content (AvgIpc) is 2.57. The van der Waals surface area contributed by atoms with E-state index in [0.717, 1.165) is 5.75 Å².